The Labute approximate surface area is 138 Å². The SMILES string of the molecule is CN1c2ccccc2N(C)C1CC1N(C)c2ccccc2N1C. The molecule has 2 aromatic carbocycles. The Balaban J connectivity index is 1.61. The summed E-state index contributed by atoms with van der Waals surface area (Å²) in [4.78, 5) is 9.61. The van der Waals surface area contributed by atoms with Crippen LogP contribution >= 0.6 is 0 Å². The first-order chi connectivity index (χ1) is 11.1. The largest absolute Gasteiger partial charge is 0.352 e. The summed E-state index contributed by atoms with van der Waals surface area (Å²) in [5.74, 6) is 0. The topological polar surface area (TPSA) is 13.0 Å². The van der Waals surface area contributed by atoms with E-state index in [0.717, 1.165) is 6.42 Å². The number of para-hydroxylation sites is 4. The number of fused-ring (bicyclic) bond motifs is 2. The maximum atomic E-state index is 2.40. The van der Waals surface area contributed by atoms with Gasteiger partial charge in [0.1, 0.15) is 12.3 Å². The van der Waals surface area contributed by atoms with Crippen LogP contribution in [-0.4, -0.2) is 40.5 Å². The lowest BCUT2D eigenvalue weighted by Gasteiger charge is -2.35. The van der Waals surface area contributed by atoms with Crippen LogP contribution in [0.25, 0.3) is 0 Å². The average molecular weight is 308 g/mol. The molecule has 4 nitrogen and oxygen atoms in total. The summed E-state index contributed by atoms with van der Waals surface area (Å²) in [6.07, 6.45) is 1.80. The second kappa shape index (κ2) is 5.08. The Bertz CT molecular complexity index is 609. The van der Waals surface area contributed by atoms with Gasteiger partial charge in [-0.15, -0.1) is 0 Å². The standard InChI is InChI=1S/C19H24N4/c1-20-14-9-5-6-10-15(14)21(2)18(20)13-19-22(3)16-11-7-8-12-17(16)23(19)4/h5-12,18-19H,13H2,1-4H3. The number of benzene rings is 2. The fourth-order valence-electron chi connectivity index (χ4n) is 4.10. The van der Waals surface area contributed by atoms with Gasteiger partial charge in [-0.3, -0.25) is 0 Å². The first kappa shape index (κ1) is 14.2. The normalized spacial score (nSPS) is 17.9. The number of hydrogen-bond acceptors (Lipinski definition) is 4. The van der Waals surface area contributed by atoms with Crippen LogP contribution in [0.4, 0.5) is 22.7 Å². The molecule has 2 aliphatic rings. The third kappa shape index (κ3) is 1.97. The lowest BCUT2D eigenvalue weighted by molar-refractivity contribution is 0.504. The molecule has 0 saturated carbocycles. The first-order valence-electron chi connectivity index (χ1n) is 8.19. The van der Waals surface area contributed by atoms with Gasteiger partial charge in [0.15, 0.2) is 0 Å². The Morgan fingerprint density at radius 1 is 0.565 bits per heavy atom. The molecule has 0 radical (unpaired) electrons. The van der Waals surface area contributed by atoms with E-state index < -0.39 is 0 Å². The molecule has 23 heavy (non-hydrogen) atoms. The van der Waals surface area contributed by atoms with Crippen LogP contribution in [0.5, 0.6) is 0 Å². The molecule has 0 unspecified atom stereocenters. The summed E-state index contributed by atoms with van der Waals surface area (Å²) in [5, 5.41) is 0. The number of hydrogen-bond donors (Lipinski definition) is 0. The summed E-state index contributed by atoms with van der Waals surface area (Å²) in [5.41, 5.74) is 5.28. The van der Waals surface area contributed by atoms with Crippen LogP contribution in [0.3, 0.4) is 0 Å². The lowest BCUT2D eigenvalue weighted by atomic mass is 10.2. The van der Waals surface area contributed by atoms with Crippen molar-refractivity contribution in [2.24, 2.45) is 0 Å². The highest BCUT2D eigenvalue weighted by atomic mass is 15.4. The van der Waals surface area contributed by atoms with Crippen molar-refractivity contribution in [1.82, 2.24) is 0 Å². The zero-order chi connectivity index (χ0) is 16.1. The highest BCUT2D eigenvalue weighted by Crippen LogP contribution is 2.43. The molecule has 0 amide bonds. The zero-order valence-electron chi connectivity index (χ0n) is 14.3. The molecule has 4 heteroatoms. The smallest absolute Gasteiger partial charge is 0.105 e. The molecule has 2 aliphatic heterocycles. The summed E-state index contributed by atoms with van der Waals surface area (Å²) in [6, 6.07) is 17.3. The summed E-state index contributed by atoms with van der Waals surface area (Å²) in [6.45, 7) is 0. The molecule has 0 fully saturated rings. The Morgan fingerprint density at radius 2 is 0.826 bits per heavy atom. The monoisotopic (exact) mass is 308 g/mol. The molecule has 0 bridgehead atoms. The van der Waals surface area contributed by atoms with Gasteiger partial charge >= 0.3 is 0 Å². The molecule has 0 atom stereocenters. The highest BCUT2D eigenvalue weighted by molar-refractivity contribution is 5.79. The zero-order valence-corrected chi connectivity index (χ0v) is 14.3. The van der Waals surface area contributed by atoms with Crippen LogP contribution < -0.4 is 19.6 Å². The molecular weight excluding hydrogens is 284 g/mol. The minimum atomic E-state index is 0.372. The number of rotatable bonds is 2. The van der Waals surface area contributed by atoms with Gasteiger partial charge in [-0.2, -0.15) is 0 Å². The van der Waals surface area contributed by atoms with Crippen molar-refractivity contribution in [1.29, 1.82) is 0 Å². The van der Waals surface area contributed by atoms with Crippen molar-refractivity contribution in [3.8, 4) is 0 Å². The van der Waals surface area contributed by atoms with Gasteiger partial charge in [-0.05, 0) is 24.3 Å². The van der Waals surface area contributed by atoms with Crippen molar-refractivity contribution >= 4 is 22.7 Å². The maximum Gasteiger partial charge on any atom is 0.105 e. The van der Waals surface area contributed by atoms with Gasteiger partial charge in [0, 0.05) is 34.6 Å². The van der Waals surface area contributed by atoms with Crippen molar-refractivity contribution in [3.05, 3.63) is 48.5 Å². The van der Waals surface area contributed by atoms with E-state index in [1.807, 2.05) is 0 Å². The van der Waals surface area contributed by atoms with E-state index in [4.69, 9.17) is 0 Å². The van der Waals surface area contributed by atoms with Gasteiger partial charge < -0.3 is 19.6 Å². The molecule has 0 aliphatic carbocycles. The van der Waals surface area contributed by atoms with Gasteiger partial charge in [0.2, 0.25) is 0 Å². The van der Waals surface area contributed by atoms with Crippen LogP contribution in [0, 0.1) is 0 Å². The quantitative estimate of drug-likeness (QED) is 0.844. The fraction of sp³-hybridized carbons (Fsp3) is 0.368. The lowest BCUT2D eigenvalue weighted by Crippen LogP contribution is -2.48. The third-order valence-electron chi connectivity index (χ3n) is 5.49. The highest BCUT2D eigenvalue weighted by Gasteiger charge is 2.38. The molecule has 120 valence electrons. The van der Waals surface area contributed by atoms with E-state index in [-0.39, 0.29) is 0 Å². The number of anilines is 4. The molecule has 2 aromatic rings. The summed E-state index contributed by atoms with van der Waals surface area (Å²) in [7, 11) is 8.81. The average Bonchev–Trinajstić information content (AvgIpc) is 2.97. The van der Waals surface area contributed by atoms with Gasteiger partial charge in [-0.25, -0.2) is 0 Å². The van der Waals surface area contributed by atoms with Crippen molar-refractivity contribution in [2.75, 3.05) is 47.8 Å². The first-order valence-corrected chi connectivity index (χ1v) is 8.19. The molecule has 4 rings (SSSR count). The van der Waals surface area contributed by atoms with E-state index >= 15 is 0 Å². The van der Waals surface area contributed by atoms with Crippen molar-refractivity contribution in [2.45, 2.75) is 18.8 Å². The minimum absolute atomic E-state index is 0.372. The molecule has 0 N–H and O–H groups in total. The second-order valence-corrected chi connectivity index (χ2v) is 6.62. The van der Waals surface area contributed by atoms with E-state index in [1.165, 1.54) is 22.7 Å². The molecule has 0 spiro atoms. The van der Waals surface area contributed by atoms with Gasteiger partial charge in [-0.1, -0.05) is 24.3 Å². The van der Waals surface area contributed by atoms with E-state index in [2.05, 4.69) is 96.3 Å². The molecule has 0 saturated heterocycles. The van der Waals surface area contributed by atoms with Crippen LogP contribution in [0.15, 0.2) is 48.5 Å². The predicted molar refractivity (Wildman–Crippen MR) is 98.7 cm³/mol. The predicted octanol–water partition coefficient (Wildman–Crippen LogP) is 3.20. The Morgan fingerprint density at radius 3 is 1.09 bits per heavy atom. The van der Waals surface area contributed by atoms with Crippen LogP contribution in [0.2, 0.25) is 0 Å². The molecular formula is C19H24N4. The van der Waals surface area contributed by atoms with E-state index in [9.17, 15) is 0 Å². The summed E-state index contributed by atoms with van der Waals surface area (Å²) >= 11 is 0. The van der Waals surface area contributed by atoms with E-state index in [0.29, 0.717) is 12.3 Å². The van der Waals surface area contributed by atoms with Gasteiger partial charge in [0.05, 0.1) is 22.7 Å². The number of nitrogens with zero attached hydrogens (tertiary/aromatic N) is 4. The van der Waals surface area contributed by atoms with Crippen molar-refractivity contribution in [3.63, 3.8) is 0 Å². The fourth-order valence-corrected chi connectivity index (χ4v) is 4.10. The van der Waals surface area contributed by atoms with Crippen LogP contribution in [0.1, 0.15) is 6.42 Å². The van der Waals surface area contributed by atoms with E-state index in [1.54, 1.807) is 0 Å². The summed E-state index contributed by atoms with van der Waals surface area (Å²) < 4.78 is 0. The minimum Gasteiger partial charge on any atom is -0.352 e. The van der Waals surface area contributed by atoms with Crippen molar-refractivity contribution < 1.29 is 0 Å². The molecule has 2 heterocycles. The van der Waals surface area contributed by atoms with Gasteiger partial charge in [0.25, 0.3) is 0 Å². The maximum absolute atomic E-state index is 2.40. The third-order valence-corrected chi connectivity index (χ3v) is 5.49. The molecule has 0 aromatic heterocycles. The Kier molecular flexibility index (Phi) is 3.15. The second-order valence-electron chi connectivity index (χ2n) is 6.62. The van der Waals surface area contributed by atoms with Crippen LogP contribution in [-0.2, 0) is 0 Å². The Hall–Kier alpha value is -2.36.